The molecule has 0 bridgehead atoms. The standard InChI is InChI=1S/C11H14O.C8H10.C6H12OS.C2H6/c1-2-11(12)9-8-10-6-4-3-5-7-10;1-2-8-6-4-3-5-7-8;1-3-5-6(7)8-4-2;1-2/h3-7H,2,8-9H2,1H3;3-7H,2H2,1H3;3-5H2,1-2H3;1-2H3. The maximum absolute atomic E-state index is 11.0. The molecule has 0 amide bonds. The number of benzene rings is 2. The van der Waals surface area contributed by atoms with Crippen LogP contribution in [0.3, 0.4) is 0 Å². The minimum absolute atomic E-state index is 0.329. The minimum Gasteiger partial charge on any atom is -0.300 e. The second-order valence-corrected chi connectivity index (χ2v) is 7.59. The highest BCUT2D eigenvalue weighted by molar-refractivity contribution is 8.13. The van der Waals surface area contributed by atoms with Gasteiger partial charge < -0.3 is 0 Å². The van der Waals surface area contributed by atoms with Crippen molar-refractivity contribution < 1.29 is 9.59 Å². The van der Waals surface area contributed by atoms with Gasteiger partial charge in [-0.05, 0) is 36.1 Å². The minimum atomic E-state index is 0.329. The van der Waals surface area contributed by atoms with Crippen LogP contribution in [0.1, 0.15) is 78.4 Å². The number of carbonyl (C=O) groups excluding carboxylic acids is 2. The molecule has 0 atom stereocenters. The number of carbonyl (C=O) groups is 2. The van der Waals surface area contributed by atoms with Crippen molar-refractivity contribution in [3.05, 3.63) is 71.8 Å². The summed E-state index contributed by atoms with van der Waals surface area (Å²) in [6.45, 7) is 12.1. The van der Waals surface area contributed by atoms with Crippen molar-refractivity contribution >= 4 is 22.7 Å². The lowest BCUT2D eigenvalue weighted by Crippen LogP contribution is -1.97. The fraction of sp³-hybridized carbons (Fsp3) is 0.481. The summed E-state index contributed by atoms with van der Waals surface area (Å²) >= 11 is 1.42. The lowest BCUT2D eigenvalue weighted by atomic mass is 10.1. The molecule has 0 saturated carbocycles. The Bertz CT molecular complexity index is 616. The summed E-state index contributed by atoms with van der Waals surface area (Å²) < 4.78 is 0. The van der Waals surface area contributed by atoms with Crippen molar-refractivity contribution in [1.29, 1.82) is 0 Å². The monoisotopic (exact) mass is 430 g/mol. The Hall–Kier alpha value is -1.87. The predicted octanol–water partition coefficient (Wildman–Crippen LogP) is 7.94. The van der Waals surface area contributed by atoms with E-state index in [0.717, 1.165) is 31.4 Å². The van der Waals surface area contributed by atoms with Gasteiger partial charge in [-0.2, -0.15) is 0 Å². The van der Waals surface area contributed by atoms with Crippen LogP contribution in [0.15, 0.2) is 60.7 Å². The molecule has 2 nitrogen and oxygen atoms in total. The van der Waals surface area contributed by atoms with Gasteiger partial charge in [0.15, 0.2) is 5.12 Å². The zero-order valence-corrected chi connectivity index (χ0v) is 20.8. The largest absolute Gasteiger partial charge is 0.300 e. The van der Waals surface area contributed by atoms with Gasteiger partial charge in [-0.1, -0.05) is 114 Å². The summed E-state index contributed by atoms with van der Waals surface area (Å²) in [5.74, 6) is 1.26. The highest BCUT2D eigenvalue weighted by atomic mass is 32.2. The van der Waals surface area contributed by atoms with Crippen molar-refractivity contribution in [3.8, 4) is 0 Å². The van der Waals surface area contributed by atoms with Crippen LogP contribution < -0.4 is 0 Å². The number of hydrogen-bond donors (Lipinski definition) is 0. The molecule has 0 aromatic heterocycles. The Balaban J connectivity index is 0. The summed E-state index contributed by atoms with van der Waals surface area (Å²) in [4.78, 5) is 21.6. The van der Waals surface area contributed by atoms with Gasteiger partial charge >= 0.3 is 0 Å². The molecule has 0 fully saturated rings. The van der Waals surface area contributed by atoms with E-state index in [9.17, 15) is 9.59 Å². The predicted molar refractivity (Wildman–Crippen MR) is 135 cm³/mol. The van der Waals surface area contributed by atoms with E-state index in [1.807, 2.05) is 58.9 Å². The molecule has 0 aliphatic carbocycles. The van der Waals surface area contributed by atoms with E-state index in [1.54, 1.807) is 0 Å². The van der Waals surface area contributed by atoms with E-state index in [0.29, 0.717) is 23.7 Å². The SMILES string of the molecule is CC.CCC(=O)CCc1ccccc1.CCCC(=O)SCC.CCc1ccccc1. The van der Waals surface area contributed by atoms with Gasteiger partial charge in [-0.3, -0.25) is 9.59 Å². The summed E-state index contributed by atoms with van der Waals surface area (Å²) in [5.41, 5.74) is 2.66. The van der Waals surface area contributed by atoms with Gasteiger partial charge in [0.2, 0.25) is 0 Å². The summed E-state index contributed by atoms with van der Waals surface area (Å²) in [7, 11) is 0. The molecular formula is C27H42O2S. The topological polar surface area (TPSA) is 34.1 Å². The van der Waals surface area contributed by atoms with Crippen LogP contribution in [0, 0.1) is 0 Å². The number of rotatable bonds is 8. The van der Waals surface area contributed by atoms with Crippen LogP contribution in [0.2, 0.25) is 0 Å². The van der Waals surface area contributed by atoms with Gasteiger partial charge in [-0.25, -0.2) is 0 Å². The molecule has 0 aliphatic heterocycles. The van der Waals surface area contributed by atoms with Crippen molar-refractivity contribution in [2.75, 3.05) is 5.75 Å². The third-order valence-electron chi connectivity index (χ3n) is 3.94. The Morgan fingerprint density at radius 3 is 1.60 bits per heavy atom. The normalized spacial score (nSPS) is 9.00. The number of Topliss-reactive ketones (excluding diaryl/α,β-unsaturated/α-hetero) is 1. The molecule has 0 N–H and O–H groups in total. The van der Waals surface area contributed by atoms with Gasteiger partial charge in [0, 0.05) is 19.3 Å². The first-order valence-electron chi connectivity index (χ1n) is 11.3. The highest BCUT2D eigenvalue weighted by Gasteiger charge is 1.98. The van der Waals surface area contributed by atoms with Gasteiger partial charge in [0.1, 0.15) is 5.78 Å². The Morgan fingerprint density at radius 1 is 0.733 bits per heavy atom. The second kappa shape index (κ2) is 23.4. The van der Waals surface area contributed by atoms with E-state index < -0.39 is 0 Å². The van der Waals surface area contributed by atoms with Gasteiger partial charge in [0.25, 0.3) is 0 Å². The van der Waals surface area contributed by atoms with Crippen molar-refractivity contribution in [1.82, 2.24) is 0 Å². The van der Waals surface area contributed by atoms with Crippen molar-refractivity contribution in [2.45, 2.75) is 80.1 Å². The average molecular weight is 431 g/mol. The molecule has 3 heteroatoms. The smallest absolute Gasteiger partial charge is 0.188 e. The van der Waals surface area contributed by atoms with Crippen molar-refractivity contribution in [3.63, 3.8) is 0 Å². The maximum Gasteiger partial charge on any atom is 0.188 e. The van der Waals surface area contributed by atoms with Gasteiger partial charge in [-0.15, -0.1) is 0 Å². The molecule has 0 heterocycles. The van der Waals surface area contributed by atoms with Crippen LogP contribution in [-0.2, 0) is 22.4 Å². The molecule has 0 saturated heterocycles. The zero-order chi connectivity index (χ0) is 23.0. The molecular weight excluding hydrogens is 388 g/mol. The summed E-state index contributed by atoms with van der Waals surface area (Å²) in [6, 6.07) is 20.6. The number of aryl methyl sites for hydroxylation is 2. The molecule has 0 spiro atoms. The number of thioether (sulfide) groups is 1. The van der Waals surface area contributed by atoms with E-state index in [2.05, 4.69) is 43.3 Å². The average Bonchev–Trinajstić information content (AvgIpc) is 2.81. The molecule has 0 radical (unpaired) electrons. The first kappa shape index (κ1) is 30.3. The molecule has 0 unspecified atom stereocenters. The maximum atomic E-state index is 11.0. The van der Waals surface area contributed by atoms with Crippen LogP contribution >= 0.6 is 11.8 Å². The van der Waals surface area contributed by atoms with Crippen LogP contribution in [0.4, 0.5) is 0 Å². The van der Waals surface area contributed by atoms with Gasteiger partial charge in [0.05, 0.1) is 0 Å². The highest BCUT2D eigenvalue weighted by Crippen LogP contribution is 2.05. The van der Waals surface area contributed by atoms with E-state index in [-0.39, 0.29) is 0 Å². The van der Waals surface area contributed by atoms with Crippen LogP contribution in [-0.4, -0.2) is 16.7 Å². The summed E-state index contributed by atoms with van der Waals surface area (Å²) in [5, 5.41) is 0.329. The first-order chi connectivity index (χ1) is 14.6. The fourth-order valence-corrected chi connectivity index (χ4v) is 2.93. The first-order valence-corrected chi connectivity index (χ1v) is 12.3. The van der Waals surface area contributed by atoms with E-state index >= 15 is 0 Å². The van der Waals surface area contributed by atoms with E-state index in [1.165, 1.54) is 22.9 Å². The zero-order valence-electron chi connectivity index (χ0n) is 19.9. The fourth-order valence-electron chi connectivity index (χ4n) is 2.26. The van der Waals surface area contributed by atoms with Crippen LogP contribution in [0.25, 0.3) is 0 Å². The quantitative estimate of drug-likeness (QED) is 0.426. The molecule has 0 aliphatic rings. The van der Waals surface area contributed by atoms with E-state index in [4.69, 9.17) is 0 Å². The molecule has 168 valence electrons. The molecule has 2 rings (SSSR count). The Kier molecular flexibility index (Phi) is 23.7. The lowest BCUT2D eigenvalue weighted by molar-refractivity contribution is -0.118. The number of ketones is 1. The van der Waals surface area contributed by atoms with Crippen molar-refractivity contribution in [2.24, 2.45) is 0 Å². The lowest BCUT2D eigenvalue weighted by Gasteiger charge is -1.98. The molecule has 30 heavy (non-hydrogen) atoms. The molecule has 2 aromatic rings. The Labute approximate surface area is 189 Å². The molecule has 2 aromatic carbocycles. The summed E-state index contributed by atoms with van der Waals surface area (Å²) in [6.07, 6.45) is 5.08. The van der Waals surface area contributed by atoms with Crippen LogP contribution in [0.5, 0.6) is 0 Å². The third kappa shape index (κ3) is 19.4. The second-order valence-electron chi connectivity index (χ2n) is 6.27. The number of hydrogen-bond acceptors (Lipinski definition) is 3. The third-order valence-corrected chi connectivity index (χ3v) is 4.75. The Morgan fingerprint density at radius 2 is 1.23 bits per heavy atom.